The van der Waals surface area contributed by atoms with E-state index in [4.69, 9.17) is 0 Å². The SMILES string of the molecule is Cc1ccc(S(=O)(=O)N2CCCC(C)(C)CC2/C=C/c2ccc(C(C)(C)C)cc2)cc1. The predicted molar refractivity (Wildman–Crippen MR) is 131 cm³/mol. The molecule has 0 saturated carbocycles. The lowest BCUT2D eigenvalue weighted by Crippen LogP contribution is -2.39. The van der Waals surface area contributed by atoms with Crippen molar-refractivity contribution in [2.24, 2.45) is 5.41 Å². The minimum atomic E-state index is -3.55. The van der Waals surface area contributed by atoms with Crippen LogP contribution in [0.15, 0.2) is 59.5 Å². The number of hydrogen-bond donors (Lipinski definition) is 0. The van der Waals surface area contributed by atoms with Crippen LogP contribution >= 0.6 is 0 Å². The Balaban J connectivity index is 1.92. The van der Waals surface area contributed by atoms with Gasteiger partial charge in [-0.1, -0.05) is 88.7 Å². The van der Waals surface area contributed by atoms with Crippen LogP contribution in [0.1, 0.15) is 70.6 Å². The molecule has 0 aliphatic carbocycles. The molecule has 1 fully saturated rings. The smallest absolute Gasteiger partial charge is 0.207 e. The van der Waals surface area contributed by atoms with E-state index >= 15 is 0 Å². The van der Waals surface area contributed by atoms with Crippen molar-refractivity contribution >= 4 is 16.1 Å². The summed E-state index contributed by atoms with van der Waals surface area (Å²) in [4.78, 5) is 0.380. The maximum absolute atomic E-state index is 13.5. The second-order valence-electron chi connectivity index (χ2n) is 10.7. The largest absolute Gasteiger partial charge is 0.243 e. The van der Waals surface area contributed by atoms with E-state index in [0.29, 0.717) is 11.4 Å². The van der Waals surface area contributed by atoms with E-state index in [1.807, 2.05) is 19.1 Å². The molecule has 1 heterocycles. The molecule has 0 aromatic heterocycles. The van der Waals surface area contributed by atoms with Crippen LogP contribution in [0.4, 0.5) is 0 Å². The summed E-state index contributed by atoms with van der Waals surface area (Å²) in [5.41, 5.74) is 3.67. The lowest BCUT2D eigenvalue weighted by atomic mass is 9.82. The van der Waals surface area contributed by atoms with Crippen molar-refractivity contribution in [1.82, 2.24) is 4.31 Å². The summed E-state index contributed by atoms with van der Waals surface area (Å²) in [6.07, 6.45) is 6.88. The second-order valence-corrected chi connectivity index (χ2v) is 12.6. The number of benzene rings is 2. The normalized spacial score (nSPS) is 20.6. The number of rotatable bonds is 4. The van der Waals surface area contributed by atoms with Crippen molar-refractivity contribution in [3.63, 3.8) is 0 Å². The van der Waals surface area contributed by atoms with Gasteiger partial charge in [-0.3, -0.25) is 0 Å². The molecule has 4 heteroatoms. The fraction of sp³-hybridized carbons (Fsp3) is 0.481. The monoisotopic (exact) mass is 439 g/mol. The highest BCUT2D eigenvalue weighted by Crippen LogP contribution is 2.36. The molecular formula is C27H37NO2S. The minimum Gasteiger partial charge on any atom is -0.207 e. The van der Waals surface area contributed by atoms with Crippen LogP contribution in [-0.4, -0.2) is 25.3 Å². The highest BCUT2D eigenvalue weighted by atomic mass is 32.2. The average molecular weight is 440 g/mol. The topological polar surface area (TPSA) is 37.4 Å². The van der Waals surface area contributed by atoms with Gasteiger partial charge < -0.3 is 0 Å². The zero-order valence-corrected chi connectivity index (χ0v) is 20.7. The van der Waals surface area contributed by atoms with Gasteiger partial charge in [0.1, 0.15) is 0 Å². The standard InChI is InChI=1S/C27H37NO2S/c1-21-8-16-25(17-9-21)31(29,30)28-19-7-18-27(5,6)20-24(28)15-12-22-10-13-23(14-11-22)26(2,3)4/h8-17,24H,7,18-20H2,1-6H3/b15-12+. The zero-order chi connectivity index (χ0) is 22.9. The number of sulfonamides is 1. The third-order valence-corrected chi connectivity index (χ3v) is 8.22. The van der Waals surface area contributed by atoms with Gasteiger partial charge in [0.2, 0.25) is 10.0 Å². The summed E-state index contributed by atoms with van der Waals surface area (Å²) in [5.74, 6) is 0. The summed E-state index contributed by atoms with van der Waals surface area (Å²) in [7, 11) is -3.55. The van der Waals surface area contributed by atoms with Gasteiger partial charge in [0.05, 0.1) is 4.90 Å². The molecule has 168 valence electrons. The summed E-state index contributed by atoms with van der Waals surface area (Å²) in [6.45, 7) is 13.6. The Labute approximate surface area is 189 Å². The molecule has 1 unspecified atom stereocenters. The molecule has 31 heavy (non-hydrogen) atoms. The third kappa shape index (κ3) is 5.87. The average Bonchev–Trinajstić information content (AvgIpc) is 2.84. The fourth-order valence-electron chi connectivity index (χ4n) is 4.27. The quantitative estimate of drug-likeness (QED) is 0.540. The van der Waals surface area contributed by atoms with Crippen LogP contribution in [0.3, 0.4) is 0 Å². The van der Waals surface area contributed by atoms with E-state index in [1.165, 1.54) is 5.56 Å². The van der Waals surface area contributed by atoms with Crippen molar-refractivity contribution in [3.05, 3.63) is 71.3 Å². The van der Waals surface area contributed by atoms with Crippen LogP contribution in [0, 0.1) is 12.3 Å². The van der Waals surface area contributed by atoms with E-state index < -0.39 is 10.0 Å². The van der Waals surface area contributed by atoms with Crippen LogP contribution < -0.4 is 0 Å². The highest BCUT2D eigenvalue weighted by molar-refractivity contribution is 7.89. The van der Waals surface area contributed by atoms with Gasteiger partial charge >= 0.3 is 0 Å². The van der Waals surface area contributed by atoms with E-state index in [-0.39, 0.29) is 16.9 Å². The minimum absolute atomic E-state index is 0.0998. The Hall–Kier alpha value is -1.91. The van der Waals surface area contributed by atoms with Gasteiger partial charge in [0.15, 0.2) is 0 Å². The first kappa shape index (κ1) is 23.7. The van der Waals surface area contributed by atoms with Gasteiger partial charge in [-0.05, 0) is 60.3 Å². The Morgan fingerprint density at radius 2 is 1.61 bits per heavy atom. The van der Waals surface area contributed by atoms with Gasteiger partial charge in [-0.25, -0.2) is 8.42 Å². The summed E-state index contributed by atoms with van der Waals surface area (Å²) in [6, 6.07) is 15.6. The molecule has 1 aliphatic heterocycles. The first-order valence-corrected chi connectivity index (χ1v) is 12.7. The molecule has 0 spiro atoms. The lowest BCUT2D eigenvalue weighted by molar-refractivity contribution is 0.282. The van der Waals surface area contributed by atoms with Crippen LogP contribution in [-0.2, 0) is 15.4 Å². The van der Waals surface area contributed by atoms with Gasteiger partial charge in [0.25, 0.3) is 0 Å². The molecule has 1 aliphatic rings. The van der Waals surface area contributed by atoms with Crippen molar-refractivity contribution in [2.45, 2.75) is 77.2 Å². The maximum atomic E-state index is 13.5. The van der Waals surface area contributed by atoms with E-state index in [9.17, 15) is 8.42 Å². The molecule has 2 aromatic rings. The van der Waals surface area contributed by atoms with Crippen molar-refractivity contribution in [3.8, 4) is 0 Å². The molecule has 0 amide bonds. The first-order valence-electron chi connectivity index (χ1n) is 11.3. The predicted octanol–water partition coefficient (Wildman–Crippen LogP) is 6.58. The maximum Gasteiger partial charge on any atom is 0.243 e. The Morgan fingerprint density at radius 3 is 2.19 bits per heavy atom. The Kier molecular flexibility index (Phi) is 6.83. The van der Waals surface area contributed by atoms with Crippen molar-refractivity contribution in [2.75, 3.05) is 6.54 Å². The van der Waals surface area contributed by atoms with E-state index in [0.717, 1.165) is 30.4 Å². The fourth-order valence-corrected chi connectivity index (χ4v) is 5.90. The number of nitrogens with zero attached hydrogens (tertiary/aromatic N) is 1. The second kappa shape index (κ2) is 8.91. The van der Waals surface area contributed by atoms with Crippen molar-refractivity contribution in [1.29, 1.82) is 0 Å². The van der Waals surface area contributed by atoms with Gasteiger partial charge in [0, 0.05) is 12.6 Å². The third-order valence-electron chi connectivity index (χ3n) is 6.28. The summed E-state index contributed by atoms with van der Waals surface area (Å²) in [5, 5.41) is 0. The van der Waals surface area contributed by atoms with Crippen LogP contribution in [0.5, 0.6) is 0 Å². The number of hydrogen-bond acceptors (Lipinski definition) is 2. The molecule has 2 aromatic carbocycles. The molecule has 1 saturated heterocycles. The van der Waals surface area contributed by atoms with Crippen LogP contribution in [0.25, 0.3) is 6.08 Å². The first-order chi connectivity index (χ1) is 14.4. The van der Waals surface area contributed by atoms with E-state index in [2.05, 4.69) is 71.0 Å². The molecular weight excluding hydrogens is 402 g/mol. The van der Waals surface area contributed by atoms with Gasteiger partial charge in [-0.2, -0.15) is 4.31 Å². The molecule has 3 nitrogen and oxygen atoms in total. The summed E-state index contributed by atoms with van der Waals surface area (Å²) < 4.78 is 28.8. The molecule has 3 rings (SSSR count). The number of aryl methyl sites for hydroxylation is 1. The summed E-state index contributed by atoms with van der Waals surface area (Å²) >= 11 is 0. The molecule has 0 bridgehead atoms. The van der Waals surface area contributed by atoms with Crippen molar-refractivity contribution < 1.29 is 8.42 Å². The van der Waals surface area contributed by atoms with Crippen LogP contribution in [0.2, 0.25) is 0 Å². The lowest BCUT2D eigenvalue weighted by Gasteiger charge is -2.30. The van der Waals surface area contributed by atoms with E-state index in [1.54, 1.807) is 16.4 Å². The molecule has 0 radical (unpaired) electrons. The zero-order valence-electron chi connectivity index (χ0n) is 19.9. The Bertz CT molecular complexity index is 1010. The Morgan fingerprint density at radius 1 is 1.00 bits per heavy atom. The molecule has 0 N–H and O–H groups in total. The highest BCUT2D eigenvalue weighted by Gasteiger charge is 2.36. The van der Waals surface area contributed by atoms with Gasteiger partial charge in [-0.15, -0.1) is 0 Å². The molecule has 1 atom stereocenters.